The van der Waals surface area contributed by atoms with Gasteiger partial charge in [0.25, 0.3) is 0 Å². The van der Waals surface area contributed by atoms with Crippen LogP contribution in [0.2, 0.25) is 13.1 Å². The number of amides is 1. The second kappa shape index (κ2) is 17.0. The second-order valence-corrected chi connectivity index (χ2v) is 19.3. The van der Waals surface area contributed by atoms with E-state index >= 15 is 0 Å². The molecule has 9 heteroatoms. The first kappa shape index (κ1) is 38.4. The average molecular weight is 704 g/mol. The molecule has 1 heterocycles. The third-order valence-corrected chi connectivity index (χ3v) is 10.5. The minimum atomic E-state index is -2.85. The fraction of sp³-hybridized carbons (Fsp3) is 0.450. The van der Waals surface area contributed by atoms with Crippen LogP contribution in [0, 0.1) is 5.92 Å². The summed E-state index contributed by atoms with van der Waals surface area (Å²) in [5.74, 6) is 0.985. The van der Waals surface area contributed by atoms with Gasteiger partial charge in [-0.3, -0.25) is 4.79 Å². The van der Waals surface area contributed by atoms with Crippen molar-refractivity contribution in [2.75, 3.05) is 0 Å². The van der Waals surface area contributed by atoms with Gasteiger partial charge in [-0.15, -0.1) is 0 Å². The Bertz CT molecular complexity index is 1520. The van der Waals surface area contributed by atoms with Crippen LogP contribution in [0.15, 0.2) is 97.1 Å². The van der Waals surface area contributed by atoms with E-state index in [9.17, 15) is 9.59 Å². The molecule has 4 rings (SSSR count). The molecule has 4 unspecified atom stereocenters. The van der Waals surface area contributed by atoms with Gasteiger partial charge in [-0.25, -0.2) is 4.79 Å². The van der Waals surface area contributed by atoms with Crippen LogP contribution in [0.3, 0.4) is 0 Å². The Hall–Kier alpha value is -3.37. The van der Waals surface area contributed by atoms with Crippen LogP contribution in [0.5, 0.6) is 5.75 Å². The molecule has 1 aliphatic rings. The van der Waals surface area contributed by atoms with E-state index < -0.39 is 38.3 Å². The zero-order chi connectivity index (χ0) is 35.7. The molecule has 0 saturated heterocycles. The van der Waals surface area contributed by atoms with Crippen molar-refractivity contribution in [1.29, 1.82) is 0 Å². The van der Waals surface area contributed by atoms with Gasteiger partial charge in [-0.05, 0) is 103 Å². The molecule has 4 atom stereocenters. The largest absolute Gasteiger partial charge is 0.488 e. The maximum absolute atomic E-state index is 13.9. The number of hydrogen-bond acceptors (Lipinski definition) is 7. The van der Waals surface area contributed by atoms with Crippen LogP contribution in [0.1, 0.15) is 64.7 Å². The average Bonchev–Trinajstić information content (AvgIpc) is 3.00. The van der Waals surface area contributed by atoms with Crippen LogP contribution in [-0.2, 0) is 37.0 Å². The fourth-order valence-corrected chi connectivity index (χ4v) is 8.57. The topological polar surface area (TPSA) is 83.1 Å². The molecule has 264 valence electrons. The molecule has 0 spiro atoms. The predicted molar refractivity (Wildman–Crippen MR) is 201 cm³/mol. The van der Waals surface area contributed by atoms with E-state index in [2.05, 4.69) is 17.4 Å². The zero-order valence-corrected chi connectivity index (χ0v) is 32.0. The first-order chi connectivity index (χ1) is 23.1. The molecule has 0 saturated carbocycles. The third kappa shape index (κ3) is 13.5. The molecule has 0 aromatic heterocycles. The maximum atomic E-state index is 13.9. The molecule has 7 nitrogen and oxygen atoms in total. The number of rotatable bonds is 11. The lowest BCUT2D eigenvalue weighted by atomic mass is 9.94. The molecule has 3 aromatic carbocycles. The second-order valence-electron chi connectivity index (χ2n) is 15.0. The summed E-state index contributed by atoms with van der Waals surface area (Å²) in [5.41, 5.74) is 2.26. The smallest absolute Gasteiger partial charge is 0.407 e. The highest BCUT2D eigenvalue weighted by atomic mass is 32.2. The van der Waals surface area contributed by atoms with Gasteiger partial charge in [0.2, 0.25) is 0 Å². The Morgan fingerprint density at radius 1 is 0.816 bits per heavy atom. The first-order valence-electron chi connectivity index (χ1n) is 17.1. The summed E-state index contributed by atoms with van der Waals surface area (Å²) in [4.78, 5) is 27.0. The summed E-state index contributed by atoms with van der Waals surface area (Å²) in [5, 5.41) is 3.20. The quantitative estimate of drug-likeness (QED) is 0.158. The number of thioether (sulfide) groups is 1. The lowest BCUT2D eigenvalue weighted by Crippen LogP contribution is -2.53. The van der Waals surface area contributed by atoms with Crippen LogP contribution in [-0.4, -0.2) is 49.2 Å². The Labute approximate surface area is 298 Å². The van der Waals surface area contributed by atoms with E-state index in [4.69, 9.17) is 18.3 Å². The molecule has 49 heavy (non-hydrogen) atoms. The van der Waals surface area contributed by atoms with Crippen molar-refractivity contribution in [2.45, 2.75) is 109 Å². The summed E-state index contributed by atoms with van der Waals surface area (Å²) in [7, 11) is -2.85. The van der Waals surface area contributed by atoms with Gasteiger partial charge in [-0.1, -0.05) is 96.7 Å². The van der Waals surface area contributed by atoms with Gasteiger partial charge in [0, 0.05) is 5.75 Å². The van der Waals surface area contributed by atoms with E-state index in [0.717, 1.165) is 22.4 Å². The van der Waals surface area contributed by atoms with E-state index in [-0.39, 0.29) is 16.8 Å². The van der Waals surface area contributed by atoms with Crippen molar-refractivity contribution < 1.29 is 27.9 Å². The number of nitrogens with one attached hydrogen (secondary N) is 1. The lowest BCUT2D eigenvalue weighted by molar-refractivity contribution is -0.116. The number of carbonyl (C=O) groups excluding carboxylic acids is 2. The molecule has 0 radical (unpaired) electrons. The molecule has 0 aliphatic carbocycles. The van der Waals surface area contributed by atoms with Gasteiger partial charge in [0.1, 0.15) is 17.0 Å². The highest BCUT2D eigenvalue weighted by Crippen LogP contribution is 2.31. The Balaban J connectivity index is 1.57. The highest BCUT2D eigenvalue weighted by Gasteiger charge is 2.40. The molecular weight excluding hydrogens is 651 g/mol. The van der Waals surface area contributed by atoms with E-state index in [1.54, 1.807) is 0 Å². The Morgan fingerprint density at radius 3 is 2.00 bits per heavy atom. The van der Waals surface area contributed by atoms with Gasteiger partial charge in [0.15, 0.2) is 5.12 Å². The van der Waals surface area contributed by atoms with Gasteiger partial charge in [-0.2, -0.15) is 0 Å². The van der Waals surface area contributed by atoms with Crippen LogP contribution < -0.4 is 10.1 Å². The lowest BCUT2D eigenvalue weighted by Gasteiger charge is -2.38. The van der Waals surface area contributed by atoms with Gasteiger partial charge < -0.3 is 23.6 Å². The fourth-order valence-electron chi connectivity index (χ4n) is 5.69. The van der Waals surface area contributed by atoms with Crippen molar-refractivity contribution in [3.63, 3.8) is 0 Å². The van der Waals surface area contributed by atoms with E-state index in [1.165, 1.54) is 11.8 Å². The van der Waals surface area contributed by atoms with Crippen molar-refractivity contribution in [1.82, 2.24) is 5.32 Å². The predicted octanol–water partition coefficient (Wildman–Crippen LogP) is 9.05. The monoisotopic (exact) mass is 703 g/mol. The summed E-state index contributed by atoms with van der Waals surface area (Å²) >= 11 is 1.34. The van der Waals surface area contributed by atoms with Crippen molar-refractivity contribution >= 4 is 31.5 Å². The molecule has 1 amide bonds. The molecule has 0 fully saturated rings. The number of ether oxygens (including phenoxy) is 2. The summed E-state index contributed by atoms with van der Waals surface area (Å²) in [6.07, 6.45) is 4.35. The molecular formula is C40H53NO6SSi. The zero-order valence-electron chi connectivity index (χ0n) is 30.2. The SMILES string of the molecule is CC(C)(C)OC(=O)NC(Cc1ccc(OC(C)(C)C)cc1)C1C/C=C\C(C(Cc2ccccc2)C(=O)SCc2ccccc2)O[Si](C)(C)O1. The van der Waals surface area contributed by atoms with Gasteiger partial charge >= 0.3 is 14.7 Å². The van der Waals surface area contributed by atoms with Crippen LogP contribution >= 0.6 is 11.8 Å². The number of alkyl carbamates (subject to hydrolysis) is 1. The maximum Gasteiger partial charge on any atom is 0.407 e. The molecule has 1 N–H and O–H groups in total. The number of hydrogen-bond donors (Lipinski definition) is 1. The van der Waals surface area contributed by atoms with E-state index in [0.29, 0.717) is 25.0 Å². The number of benzene rings is 3. The van der Waals surface area contributed by atoms with Crippen LogP contribution in [0.4, 0.5) is 4.79 Å². The highest BCUT2D eigenvalue weighted by molar-refractivity contribution is 8.13. The number of carbonyl (C=O) groups is 2. The van der Waals surface area contributed by atoms with E-state index in [1.807, 2.05) is 140 Å². The standard InChI is InChI=1S/C40H53NO6SSi/c1-39(2,3)44-32-24-22-30(23-25-32)27-34(41-38(43)45-40(4,5)6)36-21-15-20-35(46-49(7,8)47-36)33(26-29-16-11-9-12-17-29)37(42)48-28-31-18-13-10-14-19-31/h9-20,22-25,33-36H,21,26-28H2,1-8H3,(H,41,43)/b20-15-. The van der Waals surface area contributed by atoms with Crippen molar-refractivity contribution in [3.8, 4) is 5.75 Å². The van der Waals surface area contributed by atoms with Crippen molar-refractivity contribution in [2.24, 2.45) is 5.92 Å². The molecule has 3 aromatic rings. The minimum absolute atomic E-state index is 0.0904. The first-order valence-corrected chi connectivity index (χ1v) is 20.9. The third-order valence-electron chi connectivity index (χ3n) is 7.72. The Kier molecular flexibility index (Phi) is 13.4. The van der Waals surface area contributed by atoms with Crippen LogP contribution in [0.25, 0.3) is 0 Å². The summed E-state index contributed by atoms with van der Waals surface area (Å²) in [6.45, 7) is 15.6. The van der Waals surface area contributed by atoms with Gasteiger partial charge in [0.05, 0.1) is 24.2 Å². The minimum Gasteiger partial charge on any atom is -0.488 e. The Morgan fingerprint density at radius 2 is 1.41 bits per heavy atom. The summed E-state index contributed by atoms with van der Waals surface area (Å²) in [6, 6.07) is 27.7. The molecule has 1 aliphatic heterocycles. The van der Waals surface area contributed by atoms with Crippen molar-refractivity contribution in [3.05, 3.63) is 114 Å². The summed E-state index contributed by atoms with van der Waals surface area (Å²) < 4.78 is 25.3. The molecule has 0 bridgehead atoms. The normalized spacial score (nSPS) is 19.8.